The molecule has 2 heterocycles. The van der Waals surface area contributed by atoms with Crippen LogP contribution in [0.5, 0.6) is 0 Å². The van der Waals surface area contributed by atoms with Gasteiger partial charge in [0.1, 0.15) is 11.2 Å². The van der Waals surface area contributed by atoms with E-state index in [4.69, 9.17) is 4.74 Å². The van der Waals surface area contributed by atoms with Crippen LogP contribution >= 0.6 is 0 Å². The lowest BCUT2D eigenvalue weighted by Gasteiger charge is -2.14. The standard InChI is InChI=1S/C24H27N3O4/c1-4-27-14-20(22(29)19-13-11-17(3)26-23(19)27)24(30)31-15-21(28)25-16(2)10-12-18-8-6-5-7-9-18/h5-9,11,13-14,16H,4,10,12,15H2,1-3H3,(H,25,28). The van der Waals surface area contributed by atoms with E-state index < -0.39 is 23.9 Å². The first-order valence-electron chi connectivity index (χ1n) is 10.4. The van der Waals surface area contributed by atoms with E-state index in [1.807, 2.05) is 51.1 Å². The van der Waals surface area contributed by atoms with Crippen molar-refractivity contribution in [2.24, 2.45) is 0 Å². The van der Waals surface area contributed by atoms with Crippen LogP contribution in [0.25, 0.3) is 11.0 Å². The number of hydrogen-bond donors (Lipinski definition) is 1. The molecule has 1 aromatic carbocycles. The van der Waals surface area contributed by atoms with Crippen LogP contribution in [-0.2, 0) is 22.5 Å². The van der Waals surface area contributed by atoms with Crippen molar-refractivity contribution in [1.29, 1.82) is 0 Å². The summed E-state index contributed by atoms with van der Waals surface area (Å²) < 4.78 is 6.85. The Hall–Kier alpha value is -3.48. The van der Waals surface area contributed by atoms with Gasteiger partial charge in [0.05, 0.1) is 5.39 Å². The first-order valence-corrected chi connectivity index (χ1v) is 10.4. The molecule has 0 aliphatic heterocycles. The number of aromatic nitrogens is 2. The SMILES string of the molecule is CCn1cc(C(=O)OCC(=O)NC(C)CCc2ccccc2)c(=O)c2ccc(C)nc21. The van der Waals surface area contributed by atoms with E-state index in [1.165, 1.54) is 11.8 Å². The Kier molecular flexibility index (Phi) is 7.18. The minimum Gasteiger partial charge on any atom is -0.452 e. The van der Waals surface area contributed by atoms with E-state index >= 15 is 0 Å². The van der Waals surface area contributed by atoms with Gasteiger partial charge in [0.2, 0.25) is 5.43 Å². The maximum atomic E-state index is 12.7. The number of nitrogens with zero attached hydrogens (tertiary/aromatic N) is 2. The van der Waals surface area contributed by atoms with Crippen LogP contribution in [0.15, 0.2) is 53.5 Å². The van der Waals surface area contributed by atoms with E-state index in [2.05, 4.69) is 10.3 Å². The van der Waals surface area contributed by atoms with Gasteiger partial charge in [-0.05, 0) is 51.3 Å². The van der Waals surface area contributed by atoms with E-state index in [0.29, 0.717) is 17.6 Å². The van der Waals surface area contributed by atoms with Crippen LogP contribution in [0.1, 0.15) is 41.9 Å². The average molecular weight is 421 g/mol. The number of benzene rings is 1. The number of carbonyl (C=O) groups is 2. The second kappa shape index (κ2) is 10.0. The van der Waals surface area contributed by atoms with E-state index in [9.17, 15) is 14.4 Å². The lowest BCUT2D eigenvalue weighted by Crippen LogP contribution is -2.36. The molecular weight excluding hydrogens is 394 g/mol. The second-order valence-corrected chi connectivity index (χ2v) is 7.55. The molecule has 0 aliphatic carbocycles. The summed E-state index contributed by atoms with van der Waals surface area (Å²) in [6.45, 7) is 5.73. The Balaban J connectivity index is 1.60. The molecule has 1 unspecified atom stereocenters. The Bertz CT molecular complexity index is 1140. The highest BCUT2D eigenvalue weighted by Crippen LogP contribution is 2.12. The number of pyridine rings is 2. The molecule has 3 rings (SSSR count). The normalized spacial score (nSPS) is 11.8. The van der Waals surface area contributed by atoms with Gasteiger partial charge in [-0.25, -0.2) is 9.78 Å². The fourth-order valence-electron chi connectivity index (χ4n) is 3.37. The highest BCUT2D eigenvalue weighted by molar-refractivity contribution is 5.94. The summed E-state index contributed by atoms with van der Waals surface area (Å²) in [5.74, 6) is -1.22. The molecule has 0 spiro atoms. The van der Waals surface area contributed by atoms with Crippen LogP contribution in [0, 0.1) is 6.92 Å². The number of ether oxygens (including phenoxy) is 1. The van der Waals surface area contributed by atoms with Crippen LogP contribution in [0.2, 0.25) is 0 Å². The highest BCUT2D eigenvalue weighted by atomic mass is 16.5. The summed E-state index contributed by atoms with van der Waals surface area (Å²) in [5.41, 5.74) is 1.94. The second-order valence-electron chi connectivity index (χ2n) is 7.55. The van der Waals surface area contributed by atoms with Crippen molar-refractivity contribution in [3.05, 3.63) is 75.7 Å². The molecular formula is C24H27N3O4. The van der Waals surface area contributed by atoms with Gasteiger partial charge in [0.15, 0.2) is 6.61 Å². The zero-order valence-electron chi connectivity index (χ0n) is 18.1. The fourth-order valence-corrected chi connectivity index (χ4v) is 3.37. The van der Waals surface area contributed by atoms with Crippen LogP contribution in [0.4, 0.5) is 0 Å². The van der Waals surface area contributed by atoms with E-state index in [-0.39, 0.29) is 11.6 Å². The zero-order chi connectivity index (χ0) is 22.4. The van der Waals surface area contributed by atoms with Crippen molar-refractivity contribution in [2.75, 3.05) is 6.61 Å². The third kappa shape index (κ3) is 5.57. The molecule has 1 N–H and O–H groups in total. The number of nitrogens with one attached hydrogen (secondary N) is 1. The lowest BCUT2D eigenvalue weighted by molar-refractivity contribution is -0.124. The Morgan fingerprint density at radius 3 is 2.61 bits per heavy atom. The number of carbonyl (C=O) groups excluding carboxylic acids is 2. The Morgan fingerprint density at radius 2 is 1.90 bits per heavy atom. The third-order valence-corrected chi connectivity index (χ3v) is 5.07. The van der Waals surface area contributed by atoms with Gasteiger partial charge >= 0.3 is 5.97 Å². The van der Waals surface area contributed by atoms with E-state index in [1.54, 1.807) is 16.7 Å². The van der Waals surface area contributed by atoms with Crippen LogP contribution in [-0.4, -0.2) is 34.1 Å². The predicted octanol–water partition coefficient (Wildman–Crippen LogP) is 3.02. The van der Waals surface area contributed by atoms with Crippen molar-refractivity contribution in [2.45, 2.75) is 46.2 Å². The zero-order valence-corrected chi connectivity index (χ0v) is 18.1. The number of rotatable bonds is 8. The molecule has 7 heteroatoms. The lowest BCUT2D eigenvalue weighted by atomic mass is 10.1. The Morgan fingerprint density at radius 1 is 1.16 bits per heavy atom. The first kappa shape index (κ1) is 22.2. The largest absolute Gasteiger partial charge is 0.452 e. The summed E-state index contributed by atoms with van der Waals surface area (Å²) >= 11 is 0. The Labute approximate surface area is 181 Å². The number of fused-ring (bicyclic) bond motifs is 1. The first-order chi connectivity index (χ1) is 14.9. The molecule has 2 aromatic heterocycles. The number of amides is 1. The molecule has 162 valence electrons. The molecule has 0 fully saturated rings. The van der Waals surface area contributed by atoms with Gasteiger partial charge in [-0.15, -0.1) is 0 Å². The van der Waals surface area contributed by atoms with Crippen molar-refractivity contribution < 1.29 is 14.3 Å². The molecule has 1 amide bonds. The van der Waals surface area contributed by atoms with Crippen molar-refractivity contribution in [3.8, 4) is 0 Å². The summed E-state index contributed by atoms with van der Waals surface area (Å²) in [4.78, 5) is 41.8. The van der Waals surface area contributed by atoms with Gasteiger partial charge in [0, 0.05) is 24.5 Å². The average Bonchev–Trinajstić information content (AvgIpc) is 2.77. The summed E-state index contributed by atoms with van der Waals surface area (Å²) in [6.07, 6.45) is 3.05. The number of esters is 1. The molecule has 7 nitrogen and oxygen atoms in total. The molecule has 0 bridgehead atoms. The maximum absolute atomic E-state index is 12.7. The van der Waals surface area contributed by atoms with Crippen molar-refractivity contribution >= 4 is 22.9 Å². The van der Waals surface area contributed by atoms with Gasteiger partial charge < -0.3 is 14.6 Å². The maximum Gasteiger partial charge on any atom is 0.344 e. The topological polar surface area (TPSA) is 90.3 Å². The molecule has 0 saturated carbocycles. The van der Waals surface area contributed by atoms with E-state index in [0.717, 1.165) is 18.5 Å². The smallest absolute Gasteiger partial charge is 0.344 e. The minimum atomic E-state index is -0.818. The molecule has 0 radical (unpaired) electrons. The van der Waals surface area contributed by atoms with Gasteiger partial charge in [0.25, 0.3) is 5.91 Å². The van der Waals surface area contributed by atoms with Crippen molar-refractivity contribution in [3.63, 3.8) is 0 Å². The summed E-state index contributed by atoms with van der Waals surface area (Å²) in [6, 6.07) is 13.3. The summed E-state index contributed by atoms with van der Waals surface area (Å²) in [7, 11) is 0. The highest BCUT2D eigenvalue weighted by Gasteiger charge is 2.19. The monoisotopic (exact) mass is 421 g/mol. The van der Waals surface area contributed by atoms with Gasteiger partial charge in [-0.3, -0.25) is 9.59 Å². The van der Waals surface area contributed by atoms with Crippen LogP contribution in [0.3, 0.4) is 0 Å². The van der Waals surface area contributed by atoms with Gasteiger partial charge in [-0.1, -0.05) is 30.3 Å². The molecule has 1 atom stereocenters. The molecule has 3 aromatic rings. The van der Waals surface area contributed by atoms with Crippen molar-refractivity contribution in [1.82, 2.24) is 14.9 Å². The third-order valence-electron chi connectivity index (χ3n) is 5.07. The minimum absolute atomic E-state index is 0.0706. The van der Waals surface area contributed by atoms with Crippen LogP contribution < -0.4 is 10.7 Å². The summed E-state index contributed by atoms with van der Waals surface area (Å²) in [5, 5.41) is 3.17. The molecule has 31 heavy (non-hydrogen) atoms. The fraction of sp³-hybridized carbons (Fsp3) is 0.333. The van der Waals surface area contributed by atoms with Gasteiger partial charge in [-0.2, -0.15) is 0 Å². The molecule has 0 aliphatic rings. The number of aryl methyl sites for hydroxylation is 3. The number of hydrogen-bond acceptors (Lipinski definition) is 5. The quantitative estimate of drug-likeness (QED) is 0.565. The predicted molar refractivity (Wildman–Crippen MR) is 119 cm³/mol. The molecule has 0 saturated heterocycles.